The zero-order valence-electron chi connectivity index (χ0n) is 9.84. The molecule has 6 nitrogen and oxygen atoms in total. The van der Waals surface area contributed by atoms with Crippen LogP contribution in [0.2, 0.25) is 0 Å². The summed E-state index contributed by atoms with van der Waals surface area (Å²) >= 11 is 0. The number of anilines is 1. The molecule has 0 unspecified atom stereocenters. The van der Waals surface area contributed by atoms with E-state index in [4.69, 9.17) is 5.73 Å². The summed E-state index contributed by atoms with van der Waals surface area (Å²) < 4.78 is 23.6. The van der Waals surface area contributed by atoms with Crippen LogP contribution in [-0.4, -0.2) is 26.0 Å². The number of hydrogen-bond acceptors (Lipinski definition) is 4. The van der Waals surface area contributed by atoms with Gasteiger partial charge in [-0.05, 0) is 24.3 Å². The lowest BCUT2D eigenvalue weighted by atomic mass is 10.3. The topological polar surface area (TPSA) is 106 Å². The van der Waals surface area contributed by atoms with Crippen molar-refractivity contribution in [1.29, 1.82) is 0 Å². The zero-order valence-corrected chi connectivity index (χ0v) is 10.7. The third-order valence-electron chi connectivity index (χ3n) is 2.15. The monoisotopic (exact) mass is 270 g/mol. The molecule has 1 aromatic rings. The maximum absolute atomic E-state index is 11.8. The highest BCUT2D eigenvalue weighted by Crippen LogP contribution is 2.15. The molecule has 0 atom stereocenters. The molecule has 3 N–H and O–H groups in total. The summed E-state index contributed by atoms with van der Waals surface area (Å²) in [5.74, 6) is -1.21. The van der Waals surface area contributed by atoms with Gasteiger partial charge in [-0.3, -0.25) is 9.59 Å². The van der Waals surface area contributed by atoms with Crippen LogP contribution in [0.25, 0.3) is 0 Å². The molecule has 0 aliphatic carbocycles. The number of rotatable bonds is 5. The van der Waals surface area contributed by atoms with Crippen LogP contribution >= 0.6 is 0 Å². The van der Waals surface area contributed by atoms with Gasteiger partial charge in [-0.25, -0.2) is 8.42 Å². The van der Waals surface area contributed by atoms with E-state index in [0.29, 0.717) is 5.69 Å². The maximum Gasteiger partial charge on any atom is 0.221 e. The van der Waals surface area contributed by atoms with Gasteiger partial charge in [0.2, 0.25) is 11.8 Å². The van der Waals surface area contributed by atoms with Crippen molar-refractivity contribution in [2.45, 2.75) is 18.2 Å². The van der Waals surface area contributed by atoms with Gasteiger partial charge in [-0.1, -0.05) is 0 Å². The summed E-state index contributed by atoms with van der Waals surface area (Å²) in [5, 5.41) is 2.53. The summed E-state index contributed by atoms with van der Waals surface area (Å²) in [6, 6.07) is 5.72. The number of nitrogens with one attached hydrogen (secondary N) is 1. The van der Waals surface area contributed by atoms with Crippen LogP contribution in [0.4, 0.5) is 5.69 Å². The van der Waals surface area contributed by atoms with Crippen LogP contribution in [0, 0.1) is 0 Å². The number of carbonyl (C=O) groups excluding carboxylic acids is 2. The molecule has 0 saturated carbocycles. The van der Waals surface area contributed by atoms with Gasteiger partial charge in [0.15, 0.2) is 9.84 Å². The Bertz CT molecular complexity index is 549. The molecular formula is C11H14N2O4S. The van der Waals surface area contributed by atoms with E-state index >= 15 is 0 Å². The normalized spacial score (nSPS) is 10.9. The first-order chi connectivity index (χ1) is 8.31. The second-order valence-electron chi connectivity index (χ2n) is 3.74. The molecule has 7 heteroatoms. The van der Waals surface area contributed by atoms with Gasteiger partial charge in [-0.15, -0.1) is 0 Å². The van der Waals surface area contributed by atoms with Gasteiger partial charge < -0.3 is 11.1 Å². The highest BCUT2D eigenvalue weighted by Gasteiger charge is 2.15. The summed E-state index contributed by atoms with van der Waals surface area (Å²) in [5.41, 5.74) is 5.42. The second kappa shape index (κ2) is 5.63. The lowest BCUT2D eigenvalue weighted by molar-refractivity contribution is -0.117. The lowest BCUT2D eigenvalue weighted by Gasteiger charge is -2.05. The van der Waals surface area contributed by atoms with E-state index in [2.05, 4.69) is 5.32 Å². The fourth-order valence-electron chi connectivity index (χ4n) is 1.30. The lowest BCUT2D eigenvalue weighted by Crippen LogP contribution is -2.17. The number of benzene rings is 1. The van der Waals surface area contributed by atoms with Crippen LogP contribution in [0.5, 0.6) is 0 Å². The summed E-state index contributed by atoms with van der Waals surface area (Å²) in [6.07, 6.45) is -0.213. The molecule has 18 heavy (non-hydrogen) atoms. The summed E-state index contributed by atoms with van der Waals surface area (Å²) in [6.45, 7) is 1.36. The van der Waals surface area contributed by atoms with Gasteiger partial charge in [0.05, 0.1) is 10.6 Å². The van der Waals surface area contributed by atoms with Crippen molar-refractivity contribution in [3.8, 4) is 0 Å². The zero-order chi connectivity index (χ0) is 13.8. The Labute approximate surface area is 105 Å². The predicted molar refractivity (Wildman–Crippen MR) is 66.6 cm³/mol. The molecule has 0 aliphatic rings. The quantitative estimate of drug-likeness (QED) is 0.802. The Morgan fingerprint density at radius 3 is 2.22 bits per heavy atom. The van der Waals surface area contributed by atoms with E-state index in [1.54, 1.807) is 0 Å². The minimum Gasteiger partial charge on any atom is -0.370 e. The molecule has 0 aliphatic heterocycles. The third-order valence-corrected chi connectivity index (χ3v) is 3.88. The first kappa shape index (κ1) is 14.2. The van der Waals surface area contributed by atoms with E-state index in [1.165, 1.54) is 31.2 Å². The predicted octanol–water partition coefficient (Wildman–Crippen LogP) is 0.294. The number of carbonyl (C=O) groups is 2. The van der Waals surface area contributed by atoms with Crippen molar-refractivity contribution < 1.29 is 18.0 Å². The van der Waals surface area contributed by atoms with Crippen molar-refractivity contribution in [3.05, 3.63) is 24.3 Å². The van der Waals surface area contributed by atoms with Crippen molar-refractivity contribution in [2.75, 3.05) is 11.1 Å². The highest BCUT2D eigenvalue weighted by atomic mass is 32.2. The van der Waals surface area contributed by atoms with Gasteiger partial charge in [0.1, 0.15) is 0 Å². The minimum atomic E-state index is -3.51. The Morgan fingerprint density at radius 2 is 1.78 bits per heavy atom. The number of primary amides is 1. The van der Waals surface area contributed by atoms with E-state index in [0.717, 1.165) is 0 Å². The second-order valence-corrected chi connectivity index (χ2v) is 5.85. The molecule has 1 aromatic carbocycles. The van der Waals surface area contributed by atoms with E-state index in [-0.39, 0.29) is 23.0 Å². The molecule has 0 radical (unpaired) electrons. The van der Waals surface area contributed by atoms with Crippen molar-refractivity contribution in [3.63, 3.8) is 0 Å². The van der Waals surface area contributed by atoms with E-state index < -0.39 is 15.7 Å². The standard InChI is InChI=1S/C11H14N2O4S/c1-8(14)13-9-2-4-10(5-3-9)18(16,17)7-6-11(12)15/h2-5H,6-7H2,1H3,(H2,12,15)(H,13,14). The van der Waals surface area contributed by atoms with Crippen LogP contribution in [0.3, 0.4) is 0 Å². The van der Waals surface area contributed by atoms with Crippen molar-refractivity contribution >= 4 is 27.3 Å². The van der Waals surface area contributed by atoms with Crippen LogP contribution < -0.4 is 11.1 Å². The summed E-state index contributed by atoms with van der Waals surface area (Å²) in [4.78, 5) is 21.4. The Hall–Kier alpha value is -1.89. The molecule has 0 spiro atoms. The largest absolute Gasteiger partial charge is 0.370 e. The molecule has 1 rings (SSSR count). The number of hydrogen-bond donors (Lipinski definition) is 2. The first-order valence-electron chi connectivity index (χ1n) is 5.20. The molecule has 2 amide bonds. The van der Waals surface area contributed by atoms with E-state index in [1.807, 2.05) is 0 Å². The number of nitrogens with two attached hydrogens (primary N) is 1. The highest BCUT2D eigenvalue weighted by molar-refractivity contribution is 7.91. The molecule has 0 heterocycles. The Kier molecular flexibility index (Phi) is 4.43. The van der Waals surface area contributed by atoms with E-state index in [9.17, 15) is 18.0 Å². The molecule has 0 bridgehead atoms. The first-order valence-corrected chi connectivity index (χ1v) is 6.85. The molecule has 0 aromatic heterocycles. The average Bonchev–Trinajstić information content (AvgIpc) is 2.26. The van der Waals surface area contributed by atoms with Crippen LogP contribution in [0.1, 0.15) is 13.3 Å². The van der Waals surface area contributed by atoms with Crippen LogP contribution in [0.15, 0.2) is 29.2 Å². The SMILES string of the molecule is CC(=O)Nc1ccc(S(=O)(=O)CCC(N)=O)cc1. The molecule has 98 valence electrons. The Morgan fingerprint density at radius 1 is 1.22 bits per heavy atom. The van der Waals surface area contributed by atoms with Crippen LogP contribution in [-0.2, 0) is 19.4 Å². The average molecular weight is 270 g/mol. The van der Waals surface area contributed by atoms with Gasteiger partial charge in [-0.2, -0.15) is 0 Å². The van der Waals surface area contributed by atoms with Crippen molar-refractivity contribution in [1.82, 2.24) is 0 Å². The van der Waals surface area contributed by atoms with Gasteiger partial charge in [0.25, 0.3) is 0 Å². The maximum atomic E-state index is 11.8. The fraction of sp³-hybridized carbons (Fsp3) is 0.273. The third kappa shape index (κ3) is 4.17. The smallest absolute Gasteiger partial charge is 0.221 e. The van der Waals surface area contributed by atoms with Crippen molar-refractivity contribution in [2.24, 2.45) is 5.73 Å². The molecular weight excluding hydrogens is 256 g/mol. The molecule has 0 fully saturated rings. The fourth-order valence-corrected chi connectivity index (χ4v) is 2.56. The van der Waals surface area contributed by atoms with Gasteiger partial charge >= 0.3 is 0 Å². The number of amides is 2. The number of sulfone groups is 1. The Balaban J connectivity index is 2.84. The van der Waals surface area contributed by atoms with Gasteiger partial charge in [0, 0.05) is 19.0 Å². The minimum absolute atomic E-state index is 0.0952. The molecule has 0 saturated heterocycles. The summed E-state index contributed by atoms with van der Waals surface area (Å²) in [7, 11) is -3.51.